The molecule has 0 aliphatic heterocycles. The van der Waals surface area contributed by atoms with Gasteiger partial charge in [0.2, 0.25) is 0 Å². The SMILES string of the molecule is CCCCc1ccc(C(F)(F)Oc2ccc(-c3cc(F)c(C(F)(F)Oc4cc(F)c(F)c(F)c4)c(F)c3)cc2)nc1. The maximum absolute atomic E-state index is 14.7. The highest BCUT2D eigenvalue weighted by atomic mass is 19.3. The predicted octanol–water partition coefficient (Wildman–Crippen LogP) is 9.04. The van der Waals surface area contributed by atoms with Crippen LogP contribution < -0.4 is 9.47 Å². The first-order valence-electron chi connectivity index (χ1n) is 12.1. The Bertz CT molecular complexity index is 1480. The van der Waals surface area contributed by atoms with Gasteiger partial charge in [-0.2, -0.15) is 17.6 Å². The van der Waals surface area contributed by atoms with Crippen molar-refractivity contribution in [3.8, 4) is 22.6 Å². The summed E-state index contributed by atoms with van der Waals surface area (Å²) in [6.07, 6.45) is -4.71. The third-order valence-electron chi connectivity index (χ3n) is 5.91. The molecule has 3 nitrogen and oxygen atoms in total. The molecule has 0 radical (unpaired) electrons. The molecule has 0 atom stereocenters. The molecule has 1 aromatic heterocycles. The Balaban J connectivity index is 1.51. The van der Waals surface area contributed by atoms with Crippen LogP contribution in [0.4, 0.5) is 39.5 Å². The molecular formula is C29H20F9NO2. The van der Waals surface area contributed by atoms with Crippen molar-refractivity contribution >= 4 is 0 Å². The third-order valence-corrected chi connectivity index (χ3v) is 5.91. The van der Waals surface area contributed by atoms with Gasteiger partial charge in [0.1, 0.15) is 28.7 Å². The molecule has 4 rings (SSSR count). The summed E-state index contributed by atoms with van der Waals surface area (Å²) < 4.78 is 136. The van der Waals surface area contributed by atoms with Crippen LogP contribution in [-0.4, -0.2) is 4.98 Å². The van der Waals surface area contributed by atoms with Crippen molar-refractivity contribution in [2.24, 2.45) is 0 Å². The predicted molar refractivity (Wildman–Crippen MR) is 130 cm³/mol. The van der Waals surface area contributed by atoms with E-state index in [0.717, 1.165) is 36.6 Å². The lowest BCUT2D eigenvalue weighted by Gasteiger charge is -2.20. The van der Waals surface area contributed by atoms with Gasteiger partial charge >= 0.3 is 12.2 Å². The highest BCUT2D eigenvalue weighted by molar-refractivity contribution is 5.65. The van der Waals surface area contributed by atoms with E-state index in [1.807, 2.05) is 6.92 Å². The molecule has 0 unspecified atom stereocenters. The standard InChI is InChI=1S/C29H20F9NO2/c1-2-3-4-16-5-10-25(39-15-16)28(35,36)40-19-8-6-17(7-9-19)18-11-21(30)26(22(31)12-18)29(37,38)41-20-13-23(32)27(34)24(33)14-20/h5-15H,2-4H2,1H3. The van der Waals surface area contributed by atoms with Crippen LogP contribution in [0.5, 0.6) is 11.5 Å². The minimum absolute atomic E-state index is 0.0512. The molecule has 4 aromatic rings. The van der Waals surface area contributed by atoms with E-state index in [2.05, 4.69) is 9.72 Å². The Morgan fingerprint density at radius 1 is 0.659 bits per heavy atom. The number of hydrogen-bond donors (Lipinski definition) is 0. The summed E-state index contributed by atoms with van der Waals surface area (Å²) in [5.74, 6) is -10.8. The van der Waals surface area contributed by atoms with Crippen LogP contribution in [0, 0.1) is 29.1 Å². The largest absolute Gasteiger partial charge is 0.444 e. The van der Waals surface area contributed by atoms with E-state index < -0.39 is 58.3 Å². The number of ether oxygens (including phenoxy) is 2. The van der Waals surface area contributed by atoms with Gasteiger partial charge in [-0.3, -0.25) is 4.98 Å². The number of alkyl halides is 4. The second kappa shape index (κ2) is 11.7. The summed E-state index contributed by atoms with van der Waals surface area (Å²) in [5, 5.41) is 0. The highest BCUT2D eigenvalue weighted by Gasteiger charge is 2.42. The lowest BCUT2D eigenvalue weighted by molar-refractivity contribution is -0.190. The molecule has 0 aliphatic rings. The summed E-state index contributed by atoms with van der Waals surface area (Å²) in [5.41, 5.74) is -1.91. The summed E-state index contributed by atoms with van der Waals surface area (Å²) in [4.78, 5) is 3.77. The Kier molecular flexibility index (Phi) is 8.50. The highest BCUT2D eigenvalue weighted by Crippen LogP contribution is 2.38. The molecule has 0 fully saturated rings. The Morgan fingerprint density at radius 3 is 1.78 bits per heavy atom. The first-order chi connectivity index (χ1) is 19.3. The van der Waals surface area contributed by atoms with Crippen LogP contribution in [0.15, 0.2) is 66.9 Å². The minimum atomic E-state index is -4.76. The Labute approximate surface area is 228 Å². The van der Waals surface area contributed by atoms with Crippen molar-refractivity contribution in [2.45, 2.75) is 38.4 Å². The first-order valence-corrected chi connectivity index (χ1v) is 12.1. The van der Waals surface area contributed by atoms with Gasteiger partial charge in [-0.25, -0.2) is 22.0 Å². The molecule has 41 heavy (non-hydrogen) atoms. The Morgan fingerprint density at radius 2 is 1.24 bits per heavy atom. The molecule has 3 aromatic carbocycles. The van der Waals surface area contributed by atoms with Gasteiger partial charge in [-0.05, 0) is 59.9 Å². The van der Waals surface area contributed by atoms with Crippen LogP contribution in [-0.2, 0) is 18.6 Å². The van der Waals surface area contributed by atoms with Gasteiger partial charge in [-0.1, -0.05) is 31.5 Å². The molecule has 0 bridgehead atoms. The van der Waals surface area contributed by atoms with Crippen molar-refractivity contribution < 1.29 is 49.0 Å². The molecule has 0 amide bonds. The van der Waals surface area contributed by atoms with Crippen LogP contribution in [0.2, 0.25) is 0 Å². The summed E-state index contributed by atoms with van der Waals surface area (Å²) >= 11 is 0. The van der Waals surface area contributed by atoms with Crippen LogP contribution in [0.25, 0.3) is 11.1 Å². The third kappa shape index (κ3) is 6.75. The van der Waals surface area contributed by atoms with E-state index in [1.165, 1.54) is 24.4 Å². The maximum atomic E-state index is 14.7. The summed E-state index contributed by atoms with van der Waals surface area (Å²) in [6, 6.07) is 8.38. The monoisotopic (exact) mass is 585 g/mol. The molecule has 0 saturated heterocycles. The van der Waals surface area contributed by atoms with Crippen molar-refractivity contribution in [3.05, 3.63) is 113 Å². The second-order valence-electron chi connectivity index (χ2n) is 8.93. The van der Waals surface area contributed by atoms with Crippen molar-refractivity contribution in [3.63, 3.8) is 0 Å². The van der Waals surface area contributed by atoms with Gasteiger partial charge < -0.3 is 9.47 Å². The van der Waals surface area contributed by atoms with Crippen LogP contribution in [0.3, 0.4) is 0 Å². The zero-order valence-electron chi connectivity index (χ0n) is 21.1. The normalized spacial score (nSPS) is 12.0. The van der Waals surface area contributed by atoms with E-state index >= 15 is 0 Å². The molecule has 0 N–H and O–H groups in total. The number of pyridine rings is 1. The fourth-order valence-corrected chi connectivity index (χ4v) is 3.85. The number of halogens is 9. The first kappa shape index (κ1) is 29.8. The van der Waals surface area contributed by atoms with Crippen LogP contribution >= 0.6 is 0 Å². The Hall–Kier alpha value is -4.22. The van der Waals surface area contributed by atoms with Gasteiger partial charge in [0.15, 0.2) is 23.1 Å². The molecule has 0 aliphatic carbocycles. The van der Waals surface area contributed by atoms with Gasteiger partial charge in [0.05, 0.1) is 0 Å². The van der Waals surface area contributed by atoms with Crippen molar-refractivity contribution in [1.29, 1.82) is 0 Å². The lowest BCUT2D eigenvalue weighted by atomic mass is 10.0. The van der Waals surface area contributed by atoms with Crippen LogP contribution in [0.1, 0.15) is 36.6 Å². The topological polar surface area (TPSA) is 31.4 Å². The van der Waals surface area contributed by atoms with E-state index in [-0.39, 0.29) is 29.0 Å². The lowest BCUT2D eigenvalue weighted by Crippen LogP contribution is -2.25. The van der Waals surface area contributed by atoms with E-state index in [0.29, 0.717) is 18.6 Å². The molecule has 12 heteroatoms. The zero-order valence-corrected chi connectivity index (χ0v) is 21.1. The molecule has 0 spiro atoms. The average Bonchev–Trinajstić information content (AvgIpc) is 2.90. The number of rotatable bonds is 10. The van der Waals surface area contributed by atoms with Crippen molar-refractivity contribution in [2.75, 3.05) is 0 Å². The van der Waals surface area contributed by atoms with Crippen molar-refractivity contribution in [1.82, 2.24) is 4.98 Å². The number of aryl methyl sites for hydroxylation is 1. The molecule has 216 valence electrons. The van der Waals surface area contributed by atoms with E-state index in [1.54, 1.807) is 0 Å². The fourth-order valence-electron chi connectivity index (χ4n) is 3.85. The van der Waals surface area contributed by atoms with E-state index in [4.69, 9.17) is 4.74 Å². The van der Waals surface area contributed by atoms with Gasteiger partial charge in [-0.15, -0.1) is 0 Å². The molecule has 0 saturated carbocycles. The average molecular weight is 585 g/mol. The van der Waals surface area contributed by atoms with Gasteiger partial charge in [0.25, 0.3) is 0 Å². The fraction of sp³-hybridized carbons (Fsp3) is 0.207. The summed E-state index contributed by atoms with van der Waals surface area (Å²) in [6.45, 7) is 2.00. The smallest absolute Gasteiger partial charge is 0.429 e. The molecular weight excluding hydrogens is 565 g/mol. The number of unbranched alkanes of at least 4 members (excludes halogenated alkanes) is 1. The zero-order chi connectivity index (χ0) is 29.9. The minimum Gasteiger partial charge on any atom is -0.429 e. The molecule has 1 heterocycles. The number of nitrogens with zero attached hydrogens (tertiary/aromatic N) is 1. The number of aromatic nitrogens is 1. The summed E-state index contributed by atoms with van der Waals surface area (Å²) in [7, 11) is 0. The quantitative estimate of drug-likeness (QED) is 0.138. The van der Waals surface area contributed by atoms with Gasteiger partial charge in [0, 0.05) is 18.3 Å². The second-order valence-corrected chi connectivity index (χ2v) is 8.93. The van der Waals surface area contributed by atoms with E-state index in [9.17, 15) is 39.5 Å². The number of benzene rings is 3. The number of hydrogen-bond acceptors (Lipinski definition) is 3. The maximum Gasteiger partial charge on any atom is 0.444 e.